The molecule has 7 heavy (non-hydrogen) atoms. The van der Waals surface area contributed by atoms with E-state index in [-0.39, 0.29) is 0 Å². The van der Waals surface area contributed by atoms with Gasteiger partial charge in [-0.2, -0.15) is 4.58 Å². The number of rotatable bonds is 1. The maximum atomic E-state index is 3.43. The van der Waals surface area contributed by atoms with Crippen LogP contribution in [0.15, 0.2) is 18.9 Å². The van der Waals surface area contributed by atoms with Crippen LogP contribution in [-0.2, 0) is 0 Å². The molecule has 0 N–H and O–H groups in total. The summed E-state index contributed by atoms with van der Waals surface area (Å²) in [6.07, 6.45) is 3.81. The van der Waals surface area contributed by atoms with Crippen molar-refractivity contribution in [1.82, 2.24) is 0 Å². The van der Waals surface area contributed by atoms with Gasteiger partial charge < -0.3 is 0 Å². The van der Waals surface area contributed by atoms with Crippen molar-refractivity contribution < 1.29 is 4.58 Å². The number of hydrogen-bond donors (Lipinski definition) is 0. The van der Waals surface area contributed by atoms with Gasteiger partial charge in [-0.15, -0.1) is 0 Å². The summed E-state index contributed by atoms with van der Waals surface area (Å²) in [4.78, 5) is 0. The SMILES string of the molecule is C=C=[N+](C)C=CC. The van der Waals surface area contributed by atoms with Crippen LogP contribution >= 0.6 is 0 Å². The fourth-order valence-electron chi connectivity index (χ4n) is 0.276. The van der Waals surface area contributed by atoms with E-state index in [1.54, 1.807) is 4.58 Å². The molecule has 1 heteroatoms. The van der Waals surface area contributed by atoms with Gasteiger partial charge in [0.15, 0.2) is 12.1 Å². The molecule has 0 amide bonds. The third-order valence-corrected chi connectivity index (χ3v) is 0.622. The molecule has 0 radical (unpaired) electrons. The van der Waals surface area contributed by atoms with E-state index in [4.69, 9.17) is 0 Å². The monoisotopic (exact) mass is 96.1 g/mol. The molecule has 0 heterocycles. The van der Waals surface area contributed by atoms with Gasteiger partial charge in [0.1, 0.15) is 7.05 Å². The predicted octanol–water partition coefficient (Wildman–Crippen LogP) is 1.02. The zero-order valence-corrected chi connectivity index (χ0v) is 4.81. The Morgan fingerprint density at radius 3 is 2.43 bits per heavy atom. The molecule has 0 aromatic heterocycles. The number of allylic oxidation sites excluding steroid dienone is 1. The summed E-state index contributed by atoms with van der Waals surface area (Å²) in [5, 5.41) is 0. The largest absolute Gasteiger partial charge is 0.174 e. The average molecular weight is 96.2 g/mol. The van der Waals surface area contributed by atoms with E-state index in [0.29, 0.717) is 0 Å². The summed E-state index contributed by atoms with van der Waals surface area (Å²) in [7, 11) is 1.88. The Kier molecular flexibility index (Phi) is 2.99. The van der Waals surface area contributed by atoms with Crippen LogP contribution in [0.2, 0.25) is 0 Å². The third kappa shape index (κ3) is 3.01. The Bertz CT molecular complexity index is 116. The lowest BCUT2D eigenvalue weighted by atomic mass is 10.7. The summed E-state index contributed by atoms with van der Waals surface area (Å²) in [6, 6.07) is 0. The minimum Gasteiger partial charge on any atom is -0.161 e. The van der Waals surface area contributed by atoms with Gasteiger partial charge in [0, 0.05) is 6.58 Å². The lowest BCUT2D eigenvalue weighted by molar-refractivity contribution is -0.414. The smallest absolute Gasteiger partial charge is 0.161 e. The van der Waals surface area contributed by atoms with Gasteiger partial charge in [-0.05, 0) is 13.0 Å². The van der Waals surface area contributed by atoms with Gasteiger partial charge in [-0.3, -0.25) is 0 Å². The zero-order valence-electron chi connectivity index (χ0n) is 4.81. The Balaban J connectivity index is 3.83. The molecule has 0 aliphatic carbocycles. The van der Waals surface area contributed by atoms with E-state index in [1.807, 2.05) is 26.2 Å². The third-order valence-electron chi connectivity index (χ3n) is 0.622. The quantitative estimate of drug-likeness (QED) is 0.338. The number of nitrogens with zero attached hydrogens (tertiary/aromatic N) is 1. The molecular weight excluding hydrogens is 86.1 g/mol. The van der Waals surface area contributed by atoms with Crippen LogP contribution in [0, 0.1) is 0 Å². The Hall–Kier alpha value is -0.810. The van der Waals surface area contributed by atoms with Gasteiger partial charge in [0.25, 0.3) is 0 Å². The Morgan fingerprint density at radius 2 is 2.29 bits per heavy atom. The standard InChI is InChI=1S/C6H10N/c1-4-6-7(3)5-2/h4,6H,2H2,1,3H3/q+1. The minimum absolute atomic E-state index is 1.76. The highest BCUT2D eigenvalue weighted by Crippen LogP contribution is 1.65. The summed E-state index contributed by atoms with van der Waals surface area (Å²) >= 11 is 0. The molecule has 0 saturated heterocycles. The van der Waals surface area contributed by atoms with Crippen molar-refractivity contribution in [2.24, 2.45) is 0 Å². The zero-order chi connectivity index (χ0) is 5.70. The topological polar surface area (TPSA) is 3.01 Å². The van der Waals surface area contributed by atoms with Crippen molar-refractivity contribution in [2.75, 3.05) is 7.05 Å². The van der Waals surface area contributed by atoms with E-state index >= 15 is 0 Å². The van der Waals surface area contributed by atoms with Crippen molar-refractivity contribution >= 4 is 5.87 Å². The fourth-order valence-corrected chi connectivity index (χ4v) is 0.276. The van der Waals surface area contributed by atoms with Crippen LogP contribution in [0.4, 0.5) is 0 Å². The summed E-state index contributed by atoms with van der Waals surface area (Å²) in [5.74, 6) is 2.66. The first kappa shape index (κ1) is 6.19. The van der Waals surface area contributed by atoms with Crippen molar-refractivity contribution in [3.63, 3.8) is 0 Å². The normalized spacial score (nSPS) is 8.86. The first-order chi connectivity index (χ1) is 3.31. The lowest BCUT2D eigenvalue weighted by Crippen LogP contribution is -1.88. The average Bonchev–Trinajstić information content (AvgIpc) is 1.68. The second-order valence-electron chi connectivity index (χ2n) is 1.25. The number of hydrogen-bond acceptors (Lipinski definition) is 0. The Morgan fingerprint density at radius 1 is 1.71 bits per heavy atom. The maximum absolute atomic E-state index is 3.43. The molecular formula is C6H10N+. The van der Waals surface area contributed by atoms with Gasteiger partial charge in [-0.25, -0.2) is 0 Å². The Labute approximate surface area is 44.3 Å². The lowest BCUT2D eigenvalue weighted by Gasteiger charge is -1.71. The van der Waals surface area contributed by atoms with E-state index in [9.17, 15) is 0 Å². The molecule has 0 unspecified atom stereocenters. The van der Waals surface area contributed by atoms with Gasteiger partial charge in [0.2, 0.25) is 0 Å². The molecule has 0 bridgehead atoms. The van der Waals surface area contributed by atoms with Gasteiger partial charge >= 0.3 is 0 Å². The van der Waals surface area contributed by atoms with Crippen molar-refractivity contribution in [3.05, 3.63) is 18.9 Å². The summed E-state index contributed by atoms with van der Waals surface area (Å²) in [5.41, 5.74) is 0. The van der Waals surface area contributed by atoms with Gasteiger partial charge in [-0.1, -0.05) is 0 Å². The molecule has 0 saturated carbocycles. The molecule has 0 aliphatic heterocycles. The summed E-state index contributed by atoms with van der Waals surface area (Å²) in [6.45, 7) is 5.38. The van der Waals surface area contributed by atoms with Crippen LogP contribution in [0.3, 0.4) is 0 Å². The van der Waals surface area contributed by atoms with Crippen LogP contribution in [0.5, 0.6) is 0 Å². The molecule has 0 aliphatic rings. The minimum atomic E-state index is 1.76. The maximum Gasteiger partial charge on any atom is 0.174 e. The molecule has 1 nitrogen and oxygen atoms in total. The van der Waals surface area contributed by atoms with Crippen LogP contribution in [0.1, 0.15) is 6.92 Å². The van der Waals surface area contributed by atoms with Crippen molar-refractivity contribution in [2.45, 2.75) is 6.92 Å². The van der Waals surface area contributed by atoms with Crippen LogP contribution in [-0.4, -0.2) is 17.5 Å². The van der Waals surface area contributed by atoms with E-state index in [0.717, 1.165) is 0 Å². The first-order valence-corrected chi connectivity index (χ1v) is 2.19. The highest BCUT2D eigenvalue weighted by atomic mass is 14.9. The highest BCUT2D eigenvalue weighted by molar-refractivity contribution is 5.40. The molecule has 0 atom stereocenters. The highest BCUT2D eigenvalue weighted by Gasteiger charge is 1.74. The second-order valence-corrected chi connectivity index (χ2v) is 1.25. The fraction of sp³-hybridized carbons (Fsp3) is 0.333. The van der Waals surface area contributed by atoms with Crippen LogP contribution < -0.4 is 0 Å². The molecule has 0 fully saturated rings. The predicted molar refractivity (Wildman–Crippen MR) is 31.6 cm³/mol. The van der Waals surface area contributed by atoms with Crippen LogP contribution in [0.25, 0.3) is 0 Å². The van der Waals surface area contributed by atoms with E-state index in [2.05, 4.69) is 12.4 Å². The van der Waals surface area contributed by atoms with Crippen molar-refractivity contribution in [1.29, 1.82) is 0 Å². The molecule has 0 aromatic carbocycles. The molecule has 0 spiro atoms. The molecule has 0 aromatic rings. The molecule has 38 valence electrons. The van der Waals surface area contributed by atoms with Gasteiger partial charge in [0.05, 0.1) is 0 Å². The molecule has 0 rings (SSSR count). The summed E-state index contributed by atoms with van der Waals surface area (Å²) < 4.78 is 1.76. The van der Waals surface area contributed by atoms with E-state index in [1.165, 1.54) is 0 Å². The van der Waals surface area contributed by atoms with E-state index < -0.39 is 0 Å². The first-order valence-electron chi connectivity index (χ1n) is 2.19. The van der Waals surface area contributed by atoms with Crippen molar-refractivity contribution in [3.8, 4) is 0 Å². The second kappa shape index (κ2) is 3.38.